The van der Waals surface area contributed by atoms with Crippen LogP contribution in [0.3, 0.4) is 0 Å². The molecule has 1 N–H and O–H groups in total. The first kappa shape index (κ1) is 35.1. The average Bonchev–Trinajstić information content (AvgIpc) is 3.38. The second-order valence-electron chi connectivity index (χ2n) is 13.7. The Kier molecular flexibility index (Phi) is 10.3. The van der Waals surface area contributed by atoms with E-state index in [0.717, 1.165) is 54.9 Å². The third-order valence-corrected chi connectivity index (χ3v) is 10.3. The van der Waals surface area contributed by atoms with Crippen LogP contribution in [0, 0.1) is 0 Å². The number of allylic oxidation sites excluding steroid dienone is 4. The largest absolute Gasteiger partial charge is 0.744 e. The van der Waals surface area contributed by atoms with Gasteiger partial charge >= 0.3 is 0 Å². The van der Waals surface area contributed by atoms with Gasteiger partial charge in [-0.3, -0.25) is 0 Å². The number of aromatic hydroxyl groups is 1. The van der Waals surface area contributed by atoms with Gasteiger partial charge < -0.3 is 24.1 Å². The van der Waals surface area contributed by atoms with E-state index in [-0.39, 0.29) is 21.8 Å². The molecule has 0 spiro atoms. The van der Waals surface area contributed by atoms with Crippen molar-refractivity contribution >= 4 is 33.0 Å². The van der Waals surface area contributed by atoms with Crippen LogP contribution in [-0.2, 0) is 25.7 Å². The van der Waals surface area contributed by atoms with Gasteiger partial charge in [-0.15, -0.1) is 0 Å². The van der Waals surface area contributed by atoms with E-state index in [9.17, 15) is 22.9 Å². The smallest absolute Gasteiger partial charge is 0.209 e. The fourth-order valence-electron chi connectivity index (χ4n) is 6.94. The van der Waals surface area contributed by atoms with Crippen molar-refractivity contribution in [1.29, 1.82) is 0 Å². The fraction of sp³-hybridized carbons (Fsp3) is 0.385. The molecule has 0 unspecified atom stereocenters. The van der Waals surface area contributed by atoms with E-state index < -0.39 is 15.5 Å². The van der Waals surface area contributed by atoms with E-state index >= 15 is 0 Å². The highest BCUT2D eigenvalue weighted by molar-refractivity contribution is 7.85. The summed E-state index contributed by atoms with van der Waals surface area (Å²) in [5.41, 5.74) is 5.51. The maximum atomic E-state index is 11.9. The van der Waals surface area contributed by atoms with Gasteiger partial charge in [-0.05, 0) is 87.7 Å². The monoisotopic (exact) mass is 670 g/mol. The van der Waals surface area contributed by atoms with Crippen LogP contribution < -0.4 is 9.64 Å². The normalized spacial score (nSPS) is 17.3. The summed E-state index contributed by atoms with van der Waals surface area (Å²) in [6.45, 7) is 12.2. The number of fused-ring (bicyclic) bond motifs is 2. The van der Waals surface area contributed by atoms with Crippen LogP contribution in [0.1, 0.15) is 77.8 Å². The zero-order chi connectivity index (χ0) is 34.7. The van der Waals surface area contributed by atoms with Crippen molar-refractivity contribution in [1.82, 2.24) is 0 Å². The molecule has 0 amide bonds. The lowest BCUT2D eigenvalue weighted by Crippen LogP contribution is -2.28. The highest BCUT2D eigenvalue weighted by atomic mass is 32.2. The van der Waals surface area contributed by atoms with Crippen LogP contribution in [0.15, 0.2) is 95.6 Å². The number of benzene rings is 3. The van der Waals surface area contributed by atoms with Crippen LogP contribution in [0.4, 0.5) is 11.4 Å². The number of phenolic OH excluding ortho intramolecular Hbond substituents is 1. The van der Waals surface area contributed by atoms with Crippen LogP contribution in [0.25, 0.3) is 0 Å². The Balaban J connectivity index is 1.45. The molecule has 5 rings (SSSR count). The van der Waals surface area contributed by atoms with Crippen LogP contribution >= 0.6 is 0 Å². The van der Waals surface area contributed by atoms with Crippen molar-refractivity contribution < 1.29 is 32.2 Å². The van der Waals surface area contributed by atoms with Gasteiger partial charge in [-0.25, -0.2) is 8.42 Å². The molecule has 0 aliphatic carbocycles. The SMILES string of the molecule is CC(=O)CCCCCN1/C(=C/C=C/C2=[N+](CCCOc3ccc(O)cc3)c3ccccc3C2(C)C)C(C)(C)c2cc(S(=O)(=O)[O-])ccc21. The van der Waals surface area contributed by atoms with Crippen molar-refractivity contribution in [2.45, 2.75) is 82.4 Å². The van der Waals surface area contributed by atoms with Crippen LogP contribution in [-0.4, -0.2) is 53.8 Å². The molecular formula is C39H46N2O6S. The van der Waals surface area contributed by atoms with Gasteiger partial charge in [0.15, 0.2) is 12.3 Å². The van der Waals surface area contributed by atoms with Gasteiger partial charge in [0.25, 0.3) is 0 Å². The molecule has 0 aromatic heterocycles. The van der Waals surface area contributed by atoms with Gasteiger partial charge in [0.05, 0.1) is 16.9 Å². The highest BCUT2D eigenvalue weighted by Crippen LogP contribution is 2.49. The summed E-state index contributed by atoms with van der Waals surface area (Å²) in [6.07, 6.45) is 10.3. The molecule has 2 heterocycles. The number of Topliss-reactive ketones (excluding diaryl/α,β-unsaturated/α-hetero) is 1. The third kappa shape index (κ3) is 7.42. The lowest BCUT2D eigenvalue weighted by atomic mass is 9.81. The van der Waals surface area contributed by atoms with Crippen LogP contribution in [0.5, 0.6) is 11.5 Å². The zero-order valence-electron chi connectivity index (χ0n) is 28.5. The molecule has 0 bridgehead atoms. The number of hydrogen-bond donors (Lipinski definition) is 1. The van der Waals surface area contributed by atoms with E-state index in [1.54, 1.807) is 37.3 Å². The minimum absolute atomic E-state index is 0.188. The van der Waals surface area contributed by atoms with Crippen molar-refractivity contribution in [2.24, 2.45) is 0 Å². The molecule has 0 atom stereocenters. The first-order valence-electron chi connectivity index (χ1n) is 16.6. The summed E-state index contributed by atoms with van der Waals surface area (Å²) < 4.78 is 44.1. The van der Waals surface area contributed by atoms with E-state index in [1.165, 1.54) is 23.4 Å². The molecule has 3 aromatic carbocycles. The number of ketones is 1. The number of anilines is 1. The van der Waals surface area contributed by atoms with Crippen LogP contribution in [0.2, 0.25) is 0 Å². The Hall–Kier alpha value is -4.21. The van der Waals surface area contributed by atoms with Crippen molar-refractivity contribution in [3.63, 3.8) is 0 Å². The van der Waals surface area contributed by atoms with Gasteiger partial charge in [-0.1, -0.05) is 44.5 Å². The summed E-state index contributed by atoms with van der Waals surface area (Å²) in [4.78, 5) is 13.5. The number of phenols is 1. The minimum atomic E-state index is -4.60. The average molecular weight is 671 g/mol. The Morgan fingerprint density at radius 2 is 1.67 bits per heavy atom. The van der Waals surface area contributed by atoms with Gasteiger partial charge in [0.1, 0.15) is 27.4 Å². The van der Waals surface area contributed by atoms with Gasteiger partial charge in [-0.2, -0.15) is 4.58 Å². The predicted molar refractivity (Wildman–Crippen MR) is 189 cm³/mol. The fourth-order valence-corrected chi connectivity index (χ4v) is 7.44. The molecule has 8 nitrogen and oxygen atoms in total. The Morgan fingerprint density at radius 1 is 0.938 bits per heavy atom. The maximum Gasteiger partial charge on any atom is 0.209 e. The number of nitrogens with zero attached hydrogens (tertiary/aromatic N) is 2. The van der Waals surface area contributed by atoms with E-state index in [1.807, 2.05) is 0 Å². The molecule has 0 saturated heterocycles. The molecule has 0 radical (unpaired) electrons. The minimum Gasteiger partial charge on any atom is -0.744 e. The van der Waals surface area contributed by atoms with Gasteiger partial charge in [0, 0.05) is 53.9 Å². The number of hydrogen-bond acceptors (Lipinski definition) is 7. The standard InChI is InChI=1S/C39H46N2O6S/c1-28(42)13-7-6-10-24-40-35-23-22-31(48(44,45)46)27-33(35)39(4,5)37(40)17-11-16-36-38(2,3)32-14-8-9-15-34(32)41(36)25-12-26-47-30-20-18-29(43)19-21-30/h8-9,11,14-23,27H,6-7,10,12-13,24-26H2,1-5H3,(H-,43,44,45,46). The number of unbranched alkanes of at least 4 members (excludes halogenated alkanes) is 2. The maximum absolute atomic E-state index is 11.9. The Labute approximate surface area is 284 Å². The molecule has 48 heavy (non-hydrogen) atoms. The molecule has 3 aromatic rings. The van der Waals surface area contributed by atoms with Gasteiger partial charge in [0.2, 0.25) is 5.69 Å². The van der Waals surface area contributed by atoms with E-state index in [2.05, 4.69) is 79.7 Å². The highest BCUT2D eigenvalue weighted by Gasteiger charge is 2.44. The lowest BCUT2D eigenvalue weighted by molar-refractivity contribution is -0.438. The first-order valence-corrected chi connectivity index (χ1v) is 18.0. The van der Waals surface area contributed by atoms with E-state index in [4.69, 9.17) is 4.74 Å². The molecule has 9 heteroatoms. The van der Waals surface area contributed by atoms with Crippen molar-refractivity contribution in [3.8, 4) is 11.5 Å². The van der Waals surface area contributed by atoms with Crippen molar-refractivity contribution in [2.75, 3.05) is 24.6 Å². The summed E-state index contributed by atoms with van der Waals surface area (Å²) in [7, 11) is -4.60. The molecule has 0 saturated carbocycles. The number of para-hydroxylation sites is 1. The molecule has 2 aliphatic heterocycles. The Bertz CT molecular complexity index is 1870. The Morgan fingerprint density at radius 3 is 2.38 bits per heavy atom. The molecular weight excluding hydrogens is 625 g/mol. The number of ether oxygens (including phenoxy) is 1. The van der Waals surface area contributed by atoms with E-state index in [0.29, 0.717) is 25.3 Å². The van der Waals surface area contributed by atoms with Crippen molar-refractivity contribution in [3.05, 3.63) is 102 Å². The second-order valence-corrected chi connectivity index (χ2v) is 15.1. The predicted octanol–water partition coefficient (Wildman–Crippen LogP) is 7.53. The zero-order valence-corrected chi connectivity index (χ0v) is 29.3. The summed E-state index contributed by atoms with van der Waals surface area (Å²) in [5, 5.41) is 9.56. The third-order valence-electron chi connectivity index (χ3n) is 9.50. The topological polar surface area (TPSA) is 110 Å². The molecule has 254 valence electrons. The second kappa shape index (κ2) is 14.1. The molecule has 2 aliphatic rings. The quantitative estimate of drug-likeness (QED) is 0.107. The summed E-state index contributed by atoms with van der Waals surface area (Å²) in [5.74, 6) is 1.11. The summed E-state index contributed by atoms with van der Waals surface area (Å²) in [6, 6.07) is 19.9. The number of rotatable bonds is 14. The first-order chi connectivity index (χ1) is 22.7. The number of carbonyl (C=O) groups excluding carboxylic acids is 1. The molecule has 0 fully saturated rings. The lowest BCUT2D eigenvalue weighted by Gasteiger charge is -2.27. The summed E-state index contributed by atoms with van der Waals surface area (Å²) >= 11 is 0. The number of carbonyl (C=O) groups is 1.